The van der Waals surface area contributed by atoms with Crippen molar-refractivity contribution in [2.75, 3.05) is 18.5 Å². The molecule has 0 atom stereocenters. The number of aromatic nitrogens is 2. The summed E-state index contributed by atoms with van der Waals surface area (Å²) in [6, 6.07) is 1.85. The number of hydrogen-bond acceptors (Lipinski definition) is 4. The van der Waals surface area contributed by atoms with Gasteiger partial charge >= 0.3 is 0 Å². The lowest BCUT2D eigenvalue weighted by molar-refractivity contribution is -0.124. The number of nitrogens with zero attached hydrogens (tertiary/aromatic N) is 1. The second kappa shape index (κ2) is 5.85. The summed E-state index contributed by atoms with van der Waals surface area (Å²) in [6.45, 7) is 1.28. The summed E-state index contributed by atoms with van der Waals surface area (Å²) in [5, 5.41) is 9.92. The molecule has 1 aliphatic heterocycles. The first kappa shape index (κ1) is 14.1. The average Bonchev–Trinajstić information content (AvgIpc) is 2.85. The normalized spacial score (nSPS) is 26.1. The number of amides is 2. The largest absolute Gasteiger partial charge is 0.381 e. The van der Waals surface area contributed by atoms with E-state index in [0.717, 1.165) is 31.4 Å². The minimum absolute atomic E-state index is 0.00782. The topological polar surface area (TPSA) is 110 Å². The van der Waals surface area contributed by atoms with E-state index in [4.69, 9.17) is 10.5 Å². The number of carbonyl (C=O) groups is 2. The minimum Gasteiger partial charge on any atom is -0.381 e. The number of H-pyrrole nitrogens is 1. The average molecular weight is 292 g/mol. The smallest absolute Gasteiger partial charge is 0.228 e. The van der Waals surface area contributed by atoms with Gasteiger partial charge in [0.25, 0.3) is 0 Å². The first-order valence-corrected chi connectivity index (χ1v) is 7.36. The Kier molecular flexibility index (Phi) is 3.92. The molecule has 3 rings (SSSR count). The van der Waals surface area contributed by atoms with Crippen molar-refractivity contribution in [1.82, 2.24) is 10.2 Å². The summed E-state index contributed by atoms with van der Waals surface area (Å²) in [7, 11) is 0. The zero-order valence-electron chi connectivity index (χ0n) is 11.8. The molecule has 1 saturated heterocycles. The molecule has 2 amide bonds. The fourth-order valence-corrected chi connectivity index (χ4v) is 2.90. The zero-order valence-corrected chi connectivity index (χ0v) is 11.8. The third kappa shape index (κ3) is 3.07. The van der Waals surface area contributed by atoms with Crippen molar-refractivity contribution in [1.29, 1.82) is 0 Å². The Bertz CT molecular complexity index is 530. The van der Waals surface area contributed by atoms with Crippen molar-refractivity contribution in [2.45, 2.75) is 31.6 Å². The minimum atomic E-state index is -0.241. The van der Waals surface area contributed by atoms with Crippen molar-refractivity contribution in [3.05, 3.63) is 11.8 Å². The Labute approximate surface area is 122 Å². The van der Waals surface area contributed by atoms with Crippen LogP contribution in [0.25, 0.3) is 0 Å². The van der Waals surface area contributed by atoms with Gasteiger partial charge < -0.3 is 15.8 Å². The van der Waals surface area contributed by atoms with Crippen LogP contribution in [-0.2, 0) is 14.3 Å². The van der Waals surface area contributed by atoms with Gasteiger partial charge in [-0.3, -0.25) is 14.7 Å². The van der Waals surface area contributed by atoms with E-state index in [1.165, 1.54) is 0 Å². The molecule has 1 aliphatic carbocycles. The van der Waals surface area contributed by atoms with Crippen LogP contribution in [0.5, 0.6) is 0 Å². The monoisotopic (exact) mass is 292 g/mol. The molecule has 7 nitrogen and oxygen atoms in total. The third-order valence-corrected chi connectivity index (χ3v) is 4.41. The number of nitrogens with two attached hydrogens (primary N) is 1. The van der Waals surface area contributed by atoms with Gasteiger partial charge in [-0.15, -0.1) is 0 Å². The third-order valence-electron chi connectivity index (χ3n) is 4.41. The van der Waals surface area contributed by atoms with Gasteiger partial charge in [0.2, 0.25) is 11.8 Å². The van der Waals surface area contributed by atoms with E-state index in [2.05, 4.69) is 15.5 Å². The lowest BCUT2D eigenvalue weighted by Gasteiger charge is -2.31. The number of anilines is 1. The van der Waals surface area contributed by atoms with E-state index in [1.54, 1.807) is 0 Å². The second-order valence-corrected chi connectivity index (χ2v) is 5.85. The van der Waals surface area contributed by atoms with Crippen molar-refractivity contribution in [2.24, 2.45) is 17.6 Å². The van der Waals surface area contributed by atoms with E-state index in [-0.39, 0.29) is 29.6 Å². The Morgan fingerprint density at radius 2 is 2.00 bits per heavy atom. The molecule has 2 heterocycles. The summed E-state index contributed by atoms with van der Waals surface area (Å²) in [5.41, 5.74) is 6.14. The van der Waals surface area contributed by atoms with Crippen LogP contribution in [0.15, 0.2) is 6.07 Å². The standard InChI is InChI=1S/C14H20N4O3/c15-13(19)10-5-9(6-10)11-7-12(18-17-11)16-14(20)8-1-3-21-4-2-8/h7-10H,1-6H2,(H2,15,19)(H2,16,17,18,20)/t9-,10+. The second-order valence-electron chi connectivity index (χ2n) is 5.85. The molecule has 21 heavy (non-hydrogen) atoms. The molecule has 0 unspecified atom stereocenters. The van der Waals surface area contributed by atoms with Gasteiger partial charge in [-0.25, -0.2) is 0 Å². The van der Waals surface area contributed by atoms with Crippen LogP contribution in [0, 0.1) is 11.8 Å². The summed E-state index contributed by atoms with van der Waals surface area (Å²) >= 11 is 0. The van der Waals surface area contributed by atoms with Gasteiger partial charge in [0.15, 0.2) is 0 Å². The van der Waals surface area contributed by atoms with Gasteiger partial charge in [0.05, 0.1) is 5.69 Å². The molecule has 7 heteroatoms. The fraction of sp³-hybridized carbons (Fsp3) is 0.643. The van der Waals surface area contributed by atoms with E-state index in [0.29, 0.717) is 19.0 Å². The van der Waals surface area contributed by atoms with Crippen LogP contribution in [0.1, 0.15) is 37.3 Å². The summed E-state index contributed by atoms with van der Waals surface area (Å²) < 4.78 is 5.25. The molecular weight excluding hydrogens is 272 g/mol. The van der Waals surface area contributed by atoms with Crippen molar-refractivity contribution >= 4 is 17.6 Å². The lowest BCUT2D eigenvalue weighted by Crippen LogP contribution is -2.34. The van der Waals surface area contributed by atoms with Gasteiger partial charge in [-0.1, -0.05) is 0 Å². The highest BCUT2D eigenvalue weighted by Crippen LogP contribution is 2.41. The lowest BCUT2D eigenvalue weighted by atomic mass is 9.73. The Morgan fingerprint density at radius 3 is 2.67 bits per heavy atom. The highest BCUT2D eigenvalue weighted by Gasteiger charge is 2.35. The molecule has 2 fully saturated rings. The molecule has 4 N–H and O–H groups in total. The fourth-order valence-electron chi connectivity index (χ4n) is 2.90. The molecular formula is C14H20N4O3. The summed E-state index contributed by atoms with van der Waals surface area (Å²) in [5.74, 6) is 0.615. The summed E-state index contributed by atoms with van der Waals surface area (Å²) in [4.78, 5) is 23.1. The van der Waals surface area contributed by atoms with Crippen LogP contribution < -0.4 is 11.1 Å². The maximum atomic E-state index is 12.1. The van der Waals surface area contributed by atoms with Gasteiger partial charge in [-0.2, -0.15) is 5.10 Å². The predicted molar refractivity (Wildman–Crippen MR) is 75.4 cm³/mol. The molecule has 0 spiro atoms. The van der Waals surface area contributed by atoms with E-state index in [9.17, 15) is 9.59 Å². The summed E-state index contributed by atoms with van der Waals surface area (Å²) in [6.07, 6.45) is 3.01. The SMILES string of the molecule is NC(=O)[C@H]1C[C@@H](c2cc(NC(=O)C3CCOCC3)[nH]n2)C1. The van der Waals surface area contributed by atoms with Gasteiger partial charge in [0.1, 0.15) is 5.82 Å². The molecule has 1 aromatic heterocycles. The van der Waals surface area contributed by atoms with E-state index >= 15 is 0 Å². The predicted octanol–water partition coefficient (Wildman–Crippen LogP) is 0.754. The number of aromatic amines is 1. The van der Waals surface area contributed by atoms with Gasteiger partial charge in [0, 0.05) is 37.0 Å². The molecule has 1 aromatic rings. The number of carbonyl (C=O) groups excluding carboxylic acids is 2. The van der Waals surface area contributed by atoms with E-state index in [1.807, 2.05) is 6.07 Å². The van der Waals surface area contributed by atoms with Crippen LogP contribution in [-0.4, -0.2) is 35.2 Å². The number of rotatable bonds is 4. The molecule has 0 radical (unpaired) electrons. The molecule has 114 valence electrons. The zero-order chi connectivity index (χ0) is 14.8. The van der Waals surface area contributed by atoms with Crippen LogP contribution in [0.4, 0.5) is 5.82 Å². The Balaban J connectivity index is 1.53. The quantitative estimate of drug-likeness (QED) is 0.760. The van der Waals surface area contributed by atoms with E-state index < -0.39 is 0 Å². The van der Waals surface area contributed by atoms with Crippen molar-refractivity contribution in [3.63, 3.8) is 0 Å². The van der Waals surface area contributed by atoms with Gasteiger partial charge in [-0.05, 0) is 25.7 Å². The number of nitrogens with one attached hydrogen (secondary N) is 2. The first-order valence-electron chi connectivity index (χ1n) is 7.36. The van der Waals surface area contributed by atoms with Crippen molar-refractivity contribution < 1.29 is 14.3 Å². The first-order chi connectivity index (χ1) is 10.1. The maximum absolute atomic E-state index is 12.1. The van der Waals surface area contributed by atoms with Crippen LogP contribution in [0.2, 0.25) is 0 Å². The molecule has 0 aromatic carbocycles. The number of hydrogen-bond donors (Lipinski definition) is 3. The Morgan fingerprint density at radius 1 is 1.29 bits per heavy atom. The highest BCUT2D eigenvalue weighted by atomic mass is 16.5. The Hall–Kier alpha value is -1.89. The molecule has 2 aliphatic rings. The van der Waals surface area contributed by atoms with Crippen LogP contribution in [0.3, 0.4) is 0 Å². The maximum Gasteiger partial charge on any atom is 0.228 e. The van der Waals surface area contributed by atoms with Crippen LogP contribution >= 0.6 is 0 Å². The highest BCUT2D eigenvalue weighted by molar-refractivity contribution is 5.91. The number of ether oxygens (including phenoxy) is 1. The molecule has 1 saturated carbocycles. The molecule has 0 bridgehead atoms. The van der Waals surface area contributed by atoms with Crippen molar-refractivity contribution in [3.8, 4) is 0 Å². The number of primary amides is 1.